The minimum atomic E-state index is 0.715. The summed E-state index contributed by atoms with van der Waals surface area (Å²) in [6, 6.07) is 10.1. The molecule has 0 atom stereocenters. The van der Waals surface area contributed by atoms with Gasteiger partial charge >= 0.3 is 0 Å². The van der Waals surface area contributed by atoms with Crippen LogP contribution in [-0.4, -0.2) is 21.3 Å². The number of methoxy groups -OCH3 is 3. The molecule has 106 valence electrons. The predicted octanol–water partition coefficient (Wildman–Crippen LogP) is 4.00. The largest absolute Gasteiger partial charge is 0.496 e. The highest BCUT2D eigenvalue weighted by molar-refractivity contribution is 5.79. The van der Waals surface area contributed by atoms with Gasteiger partial charge in [0.25, 0.3) is 0 Å². The summed E-state index contributed by atoms with van der Waals surface area (Å²) in [5, 5.41) is 0. The van der Waals surface area contributed by atoms with Crippen molar-refractivity contribution in [2.45, 2.75) is 13.8 Å². The average molecular weight is 272 g/mol. The summed E-state index contributed by atoms with van der Waals surface area (Å²) in [6.07, 6.45) is 0. The fourth-order valence-corrected chi connectivity index (χ4v) is 2.41. The lowest BCUT2D eigenvalue weighted by Gasteiger charge is -2.16. The van der Waals surface area contributed by atoms with Crippen molar-refractivity contribution in [2.75, 3.05) is 21.3 Å². The standard InChI is InChI=1S/C17H20O3/c1-11-6-12(2)8-13(7-11)17-15(19-4)9-14(18-3)10-16(17)20-5/h6-10H,1-5H3. The van der Waals surface area contributed by atoms with Crippen LogP contribution >= 0.6 is 0 Å². The highest BCUT2D eigenvalue weighted by atomic mass is 16.5. The quantitative estimate of drug-likeness (QED) is 0.842. The second-order valence-corrected chi connectivity index (χ2v) is 4.78. The third-order valence-electron chi connectivity index (χ3n) is 3.23. The summed E-state index contributed by atoms with van der Waals surface area (Å²) in [4.78, 5) is 0. The van der Waals surface area contributed by atoms with Crippen LogP contribution in [-0.2, 0) is 0 Å². The molecule has 0 radical (unpaired) electrons. The topological polar surface area (TPSA) is 27.7 Å². The first kappa shape index (κ1) is 14.3. The molecule has 0 aromatic heterocycles. The van der Waals surface area contributed by atoms with Crippen molar-refractivity contribution in [3.63, 3.8) is 0 Å². The van der Waals surface area contributed by atoms with Crippen LogP contribution in [0.15, 0.2) is 30.3 Å². The Bertz CT molecular complexity index is 572. The summed E-state index contributed by atoms with van der Waals surface area (Å²) in [5.41, 5.74) is 4.45. The van der Waals surface area contributed by atoms with Gasteiger partial charge < -0.3 is 14.2 Å². The molecule has 0 heterocycles. The molecule has 0 saturated carbocycles. The molecule has 0 fully saturated rings. The van der Waals surface area contributed by atoms with E-state index in [4.69, 9.17) is 14.2 Å². The van der Waals surface area contributed by atoms with Crippen molar-refractivity contribution < 1.29 is 14.2 Å². The fourth-order valence-electron chi connectivity index (χ4n) is 2.41. The molecule has 0 N–H and O–H groups in total. The number of hydrogen-bond donors (Lipinski definition) is 0. The zero-order chi connectivity index (χ0) is 14.7. The van der Waals surface area contributed by atoms with E-state index in [1.54, 1.807) is 21.3 Å². The van der Waals surface area contributed by atoms with Gasteiger partial charge in [-0.1, -0.05) is 29.3 Å². The predicted molar refractivity (Wildman–Crippen MR) is 81.0 cm³/mol. The minimum Gasteiger partial charge on any atom is -0.496 e. The lowest BCUT2D eigenvalue weighted by Crippen LogP contribution is -1.96. The van der Waals surface area contributed by atoms with Crippen molar-refractivity contribution in [1.29, 1.82) is 0 Å². The Labute approximate surface area is 120 Å². The Morgan fingerprint density at radius 1 is 0.650 bits per heavy atom. The van der Waals surface area contributed by atoms with Crippen molar-refractivity contribution in [1.82, 2.24) is 0 Å². The van der Waals surface area contributed by atoms with Gasteiger partial charge in [0, 0.05) is 12.1 Å². The monoisotopic (exact) mass is 272 g/mol. The molecule has 0 unspecified atom stereocenters. The van der Waals surface area contributed by atoms with E-state index >= 15 is 0 Å². The van der Waals surface area contributed by atoms with Gasteiger partial charge in [-0.15, -0.1) is 0 Å². The van der Waals surface area contributed by atoms with Crippen molar-refractivity contribution in [2.24, 2.45) is 0 Å². The Morgan fingerprint density at radius 3 is 1.55 bits per heavy atom. The molecule has 2 aromatic rings. The van der Waals surface area contributed by atoms with E-state index in [2.05, 4.69) is 32.0 Å². The molecule has 0 amide bonds. The van der Waals surface area contributed by atoms with E-state index in [1.807, 2.05) is 12.1 Å². The summed E-state index contributed by atoms with van der Waals surface area (Å²) in [6.45, 7) is 4.16. The maximum absolute atomic E-state index is 5.50. The third kappa shape index (κ3) is 2.72. The lowest BCUT2D eigenvalue weighted by atomic mass is 9.99. The molecule has 0 aliphatic heterocycles. The van der Waals surface area contributed by atoms with Crippen LogP contribution in [0.5, 0.6) is 17.2 Å². The highest BCUT2D eigenvalue weighted by Gasteiger charge is 2.15. The molecule has 0 bridgehead atoms. The number of aryl methyl sites for hydroxylation is 2. The Kier molecular flexibility index (Phi) is 4.18. The van der Waals surface area contributed by atoms with Gasteiger partial charge in [0.15, 0.2) is 0 Å². The summed E-state index contributed by atoms with van der Waals surface area (Å²) in [5.74, 6) is 2.20. The summed E-state index contributed by atoms with van der Waals surface area (Å²) >= 11 is 0. The molecule has 0 aliphatic rings. The molecule has 3 nitrogen and oxygen atoms in total. The Morgan fingerprint density at radius 2 is 1.15 bits per heavy atom. The molecule has 0 saturated heterocycles. The van der Waals surface area contributed by atoms with Gasteiger partial charge in [-0.2, -0.15) is 0 Å². The van der Waals surface area contributed by atoms with E-state index in [-0.39, 0.29) is 0 Å². The van der Waals surface area contributed by atoms with E-state index < -0.39 is 0 Å². The van der Waals surface area contributed by atoms with E-state index in [0.29, 0.717) is 5.75 Å². The van der Waals surface area contributed by atoms with Gasteiger partial charge in [-0.05, 0) is 19.4 Å². The second-order valence-electron chi connectivity index (χ2n) is 4.78. The van der Waals surface area contributed by atoms with Gasteiger partial charge in [0.05, 0.1) is 26.9 Å². The second kappa shape index (κ2) is 5.87. The number of ether oxygens (including phenoxy) is 3. The molecule has 0 aliphatic carbocycles. The van der Waals surface area contributed by atoms with Gasteiger partial charge in [-0.3, -0.25) is 0 Å². The van der Waals surface area contributed by atoms with Crippen LogP contribution in [0, 0.1) is 13.8 Å². The van der Waals surface area contributed by atoms with Crippen LogP contribution in [0.3, 0.4) is 0 Å². The first-order chi connectivity index (χ1) is 9.58. The summed E-state index contributed by atoms with van der Waals surface area (Å²) in [7, 11) is 4.94. The normalized spacial score (nSPS) is 10.2. The smallest absolute Gasteiger partial charge is 0.134 e. The fraction of sp³-hybridized carbons (Fsp3) is 0.294. The maximum Gasteiger partial charge on any atom is 0.134 e. The highest BCUT2D eigenvalue weighted by Crippen LogP contribution is 2.42. The zero-order valence-corrected chi connectivity index (χ0v) is 12.6. The number of hydrogen-bond acceptors (Lipinski definition) is 3. The lowest BCUT2D eigenvalue weighted by molar-refractivity contribution is 0.377. The first-order valence-electron chi connectivity index (χ1n) is 6.47. The average Bonchev–Trinajstić information content (AvgIpc) is 2.44. The first-order valence-corrected chi connectivity index (χ1v) is 6.47. The Balaban J connectivity index is 2.70. The summed E-state index contributed by atoms with van der Waals surface area (Å²) < 4.78 is 16.3. The van der Waals surface area contributed by atoms with E-state index in [1.165, 1.54) is 11.1 Å². The SMILES string of the molecule is COc1cc(OC)c(-c2cc(C)cc(C)c2)c(OC)c1. The molecule has 20 heavy (non-hydrogen) atoms. The van der Waals surface area contributed by atoms with Gasteiger partial charge in [0.2, 0.25) is 0 Å². The zero-order valence-electron chi connectivity index (χ0n) is 12.6. The van der Waals surface area contributed by atoms with Gasteiger partial charge in [-0.25, -0.2) is 0 Å². The molecular formula is C17H20O3. The Hall–Kier alpha value is -2.16. The number of benzene rings is 2. The van der Waals surface area contributed by atoms with E-state index in [0.717, 1.165) is 22.6 Å². The number of rotatable bonds is 4. The molecular weight excluding hydrogens is 252 g/mol. The minimum absolute atomic E-state index is 0.715. The van der Waals surface area contributed by atoms with Crippen molar-refractivity contribution in [3.8, 4) is 28.4 Å². The molecule has 2 aromatic carbocycles. The van der Waals surface area contributed by atoms with Crippen LogP contribution in [0.25, 0.3) is 11.1 Å². The van der Waals surface area contributed by atoms with E-state index in [9.17, 15) is 0 Å². The van der Waals surface area contributed by atoms with Crippen LogP contribution < -0.4 is 14.2 Å². The van der Waals surface area contributed by atoms with Crippen LogP contribution in [0.4, 0.5) is 0 Å². The molecule has 0 spiro atoms. The van der Waals surface area contributed by atoms with Gasteiger partial charge in [0.1, 0.15) is 17.2 Å². The van der Waals surface area contributed by atoms with Crippen molar-refractivity contribution in [3.05, 3.63) is 41.5 Å². The molecule has 3 heteroatoms. The van der Waals surface area contributed by atoms with Crippen LogP contribution in [0.1, 0.15) is 11.1 Å². The maximum atomic E-state index is 5.50. The molecule has 2 rings (SSSR count). The third-order valence-corrected chi connectivity index (χ3v) is 3.23. The van der Waals surface area contributed by atoms with Crippen LogP contribution in [0.2, 0.25) is 0 Å². The van der Waals surface area contributed by atoms with Crippen molar-refractivity contribution >= 4 is 0 Å².